The van der Waals surface area contributed by atoms with Crippen molar-refractivity contribution in [1.82, 2.24) is 24.9 Å². The predicted molar refractivity (Wildman–Crippen MR) is 159 cm³/mol. The molecule has 0 unspecified atom stereocenters. The fourth-order valence-electron chi connectivity index (χ4n) is 7.48. The zero-order valence-electron chi connectivity index (χ0n) is 25.9. The monoisotopic (exact) mass is 587 g/mol. The summed E-state index contributed by atoms with van der Waals surface area (Å²) in [5, 5.41) is 13.5. The highest BCUT2D eigenvalue weighted by molar-refractivity contribution is 6.07. The molecule has 1 amide bonds. The highest BCUT2D eigenvalue weighted by Gasteiger charge is 2.66. The normalized spacial score (nSPS) is 25.9. The fourth-order valence-corrected chi connectivity index (χ4v) is 7.48. The van der Waals surface area contributed by atoms with Crippen LogP contribution in [0.1, 0.15) is 107 Å². The Bertz CT molecular complexity index is 1630. The van der Waals surface area contributed by atoms with Crippen molar-refractivity contribution in [3.63, 3.8) is 0 Å². The molecule has 3 atom stereocenters. The first kappa shape index (κ1) is 29.4. The third-order valence-electron chi connectivity index (χ3n) is 10.1. The van der Waals surface area contributed by atoms with Crippen molar-refractivity contribution < 1.29 is 23.6 Å². The molecule has 0 N–H and O–H groups in total. The molecule has 1 saturated heterocycles. The summed E-state index contributed by atoms with van der Waals surface area (Å²) in [6, 6.07) is 3.31. The highest BCUT2D eigenvalue weighted by atomic mass is 16.4. The summed E-state index contributed by atoms with van der Waals surface area (Å²) in [7, 11) is 0. The van der Waals surface area contributed by atoms with Gasteiger partial charge in [-0.05, 0) is 61.6 Å². The summed E-state index contributed by atoms with van der Waals surface area (Å²) in [6.07, 6.45) is 7.20. The minimum Gasteiger partial charge on any atom is -0.421 e. The van der Waals surface area contributed by atoms with Gasteiger partial charge in [-0.2, -0.15) is 5.10 Å². The van der Waals surface area contributed by atoms with Crippen LogP contribution >= 0.6 is 0 Å². The van der Waals surface area contributed by atoms with E-state index in [0.29, 0.717) is 60.5 Å². The van der Waals surface area contributed by atoms with E-state index < -0.39 is 11.5 Å². The van der Waals surface area contributed by atoms with Gasteiger partial charge in [-0.15, -0.1) is 10.2 Å². The van der Waals surface area contributed by atoms with E-state index in [1.165, 1.54) is 6.92 Å². The van der Waals surface area contributed by atoms with Gasteiger partial charge in [-0.3, -0.25) is 23.9 Å². The molecule has 2 bridgehead atoms. The lowest BCUT2D eigenvalue weighted by molar-refractivity contribution is -0.139. The van der Waals surface area contributed by atoms with Crippen LogP contribution in [0, 0.1) is 17.8 Å². The maximum absolute atomic E-state index is 14.1. The first-order chi connectivity index (χ1) is 20.4. The van der Waals surface area contributed by atoms with Crippen molar-refractivity contribution in [3.8, 4) is 11.5 Å². The lowest BCUT2D eigenvalue weighted by Gasteiger charge is -2.26. The van der Waals surface area contributed by atoms with Crippen molar-refractivity contribution in [1.29, 1.82) is 0 Å². The maximum atomic E-state index is 14.1. The molecule has 1 aliphatic carbocycles. The van der Waals surface area contributed by atoms with E-state index >= 15 is 0 Å². The Balaban J connectivity index is 1.45. The lowest BCUT2D eigenvalue weighted by atomic mass is 9.79. The number of rotatable bonds is 4. The third kappa shape index (κ3) is 5.23. The molecule has 4 heterocycles. The summed E-state index contributed by atoms with van der Waals surface area (Å²) >= 11 is 0. The van der Waals surface area contributed by atoms with Crippen LogP contribution in [0.3, 0.4) is 0 Å². The van der Waals surface area contributed by atoms with Crippen molar-refractivity contribution in [3.05, 3.63) is 29.3 Å². The lowest BCUT2D eigenvalue weighted by Crippen LogP contribution is -2.44. The Hall–Kier alpha value is -3.69. The van der Waals surface area contributed by atoms with Crippen molar-refractivity contribution in [2.45, 2.75) is 117 Å². The van der Waals surface area contributed by atoms with E-state index in [-0.39, 0.29) is 41.3 Å². The van der Waals surface area contributed by atoms with Gasteiger partial charge in [0, 0.05) is 49.1 Å². The van der Waals surface area contributed by atoms with Gasteiger partial charge in [0.25, 0.3) is 0 Å². The molecule has 1 aromatic carbocycles. The summed E-state index contributed by atoms with van der Waals surface area (Å²) in [5.41, 5.74) is 2.09. The van der Waals surface area contributed by atoms with E-state index in [1.54, 1.807) is 16.5 Å². The number of carbonyl (C=O) groups excluding carboxylic acids is 4. The molecular formula is C33H41N5O5. The average molecular weight is 588 g/mol. The van der Waals surface area contributed by atoms with E-state index in [9.17, 15) is 19.2 Å². The van der Waals surface area contributed by atoms with Crippen LogP contribution in [0.15, 0.2) is 16.5 Å². The molecule has 6 rings (SSSR count). The summed E-state index contributed by atoms with van der Waals surface area (Å²) in [6.45, 7) is 9.06. The number of aromatic nitrogens is 4. The second-order valence-electron chi connectivity index (χ2n) is 13.5. The first-order valence-electron chi connectivity index (χ1n) is 15.7. The zero-order chi connectivity index (χ0) is 30.7. The molecule has 1 saturated carbocycles. The number of benzene rings is 1. The zero-order valence-corrected chi connectivity index (χ0v) is 25.9. The molecule has 2 fully saturated rings. The predicted octanol–water partition coefficient (Wildman–Crippen LogP) is 5.43. The smallest absolute Gasteiger partial charge is 0.247 e. The van der Waals surface area contributed by atoms with Crippen LogP contribution in [0.25, 0.3) is 22.4 Å². The molecule has 10 nitrogen and oxygen atoms in total. The molecular weight excluding hydrogens is 546 g/mol. The van der Waals surface area contributed by atoms with Crippen molar-refractivity contribution >= 4 is 34.2 Å². The number of aryl methyl sites for hydroxylation is 2. The van der Waals surface area contributed by atoms with Gasteiger partial charge in [0.2, 0.25) is 17.7 Å². The Kier molecular flexibility index (Phi) is 7.37. The van der Waals surface area contributed by atoms with Gasteiger partial charge in [0.05, 0.1) is 11.6 Å². The number of nitrogens with zero attached hydrogens (tertiary/aromatic N) is 5. The maximum Gasteiger partial charge on any atom is 0.247 e. The first-order valence-corrected chi connectivity index (χ1v) is 15.7. The largest absolute Gasteiger partial charge is 0.421 e. The molecule has 228 valence electrons. The highest BCUT2D eigenvalue weighted by Crippen LogP contribution is 2.62. The molecule has 0 spiro atoms. The van der Waals surface area contributed by atoms with Crippen LogP contribution in [0.2, 0.25) is 0 Å². The average Bonchev–Trinajstić information content (AvgIpc) is 3.24. The second kappa shape index (κ2) is 10.8. The number of ketones is 3. The number of carbonyl (C=O) groups is 4. The van der Waals surface area contributed by atoms with Crippen molar-refractivity contribution in [2.75, 3.05) is 0 Å². The molecule has 43 heavy (non-hydrogen) atoms. The molecule has 3 aliphatic rings. The minimum absolute atomic E-state index is 0.0481. The van der Waals surface area contributed by atoms with Gasteiger partial charge in [-0.25, -0.2) is 0 Å². The van der Waals surface area contributed by atoms with Crippen LogP contribution in [0.4, 0.5) is 0 Å². The number of hydrogen-bond acceptors (Lipinski definition) is 8. The van der Waals surface area contributed by atoms with Crippen molar-refractivity contribution in [2.24, 2.45) is 10.8 Å². The molecule has 3 aromatic rings. The Morgan fingerprint density at radius 3 is 2.53 bits per heavy atom. The Morgan fingerprint density at radius 1 is 1.05 bits per heavy atom. The SMILES string of the molecule is CCC(=O)[C@@H]1C[C@]23CCC(=O)C(C)(C)CCCCCc4cc(-c5nnc(C)o5)cc5c(C(C)=O)nn(c45)CC(=O)N1[C@@H]2C3. The third-order valence-corrected chi connectivity index (χ3v) is 10.1. The Labute approximate surface area is 251 Å². The molecule has 2 aromatic heterocycles. The van der Waals surface area contributed by atoms with E-state index in [0.717, 1.165) is 43.2 Å². The van der Waals surface area contributed by atoms with Crippen LogP contribution in [-0.2, 0) is 27.3 Å². The second-order valence-corrected chi connectivity index (χ2v) is 13.5. The minimum atomic E-state index is -0.487. The topological polar surface area (TPSA) is 128 Å². The standard InChI is InChI=1S/C33H41N5O5/c1-6-25(40)24-16-33-13-11-27(41)32(4,5)12-9-7-8-10-21-14-22(31-35-34-20(3)43-31)15-23-29(19(2)39)36-37(30(21)23)18-28(42)38(24)26(33)17-33/h14-15,24,26H,6-13,16-18H2,1-5H3/t24-,26+,33-/m0/s1. The van der Waals surface area contributed by atoms with E-state index in [4.69, 9.17) is 4.42 Å². The number of piperidine rings is 1. The Morgan fingerprint density at radius 2 is 1.84 bits per heavy atom. The van der Waals surface area contributed by atoms with E-state index in [1.807, 2.05) is 32.9 Å². The van der Waals surface area contributed by atoms with Crippen LogP contribution < -0.4 is 0 Å². The fraction of sp³-hybridized carbons (Fsp3) is 0.606. The summed E-state index contributed by atoms with van der Waals surface area (Å²) in [4.78, 5) is 55.2. The van der Waals surface area contributed by atoms with Gasteiger partial charge in [0.1, 0.15) is 18.0 Å². The number of amides is 1. The summed E-state index contributed by atoms with van der Waals surface area (Å²) < 4.78 is 7.39. The van der Waals surface area contributed by atoms with Gasteiger partial charge in [-0.1, -0.05) is 33.6 Å². The summed E-state index contributed by atoms with van der Waals surface area (Å²) in [5.74, 6) is 0.751. The van der Waals surface area contributed by atoms with E-state index in [2.05, 4.69) is 15.3 Å². The van der Waals surface area contributed by atoms with Crippen LogP contribution in [0.5, 0.6) is 0 Å². The quantitative estimate of drug-likeness (QED) is 0.370. The van der Waals surface area contributed by atoms with Crippen LogP contribution in [-0.4, -0.2) is 60.2 Å². The van der Waals surface area contributed by atoms with Gasteiger partial charge >= 0.3 is 0 Å². The molecule has 0 radical (unpaired) electrons. The molecule has 2 aliphatic heterocycles. The number of hydrogen-bond donors (Lipinski definition) is 0. The van der Waals surface area contributed by atoms with Gasteiger partial charge in [0.15, 0.2) is 11.6 Å². The number of Topliss-reactive ketones (excluding diaryl/α,β-unsaturated/α-hetero) is 3. The van der Waals surface area contributed by atoms with Gasteiger partial charge < -0.3 is 9.32 Å². The molecule has 10 heteroatoms.